The summed E-state index contributed by atoms with van der Waals surface area (Å²) in [6.07, 6.45) is 5.49. The summed E-state index contributed by atoms with van der Waals surface area (Å²) in [5, 5.41) is 3.61. The topological polar surface area (TPSA) is 12.0 Å². The van der Waals surface area contributed by atoms with Crippen LogP contribution in [-0.2, 0) is 0 Å². The van der Waals surface area contributed by atoms with Crippen LogP contribution < -0.4 is 5.32 Å². The summed E-state index contributed by atoms with van der Waals surface area (Å²) in [6.45, 7) is 13.4. The summed E-state index contributed by atoms with van der Waals surface area (Å²) >= 11 is 0. The lowest BCUT2D eigenvalue weighted by Gasteiger charge is -2.21. The molecule has 0 unspecified atom stereocenters. The average molecular weight is 297 g/mol. The van der Waals surface area contributed by atoms with Gasteiger partial charge in [-0.3, -0.25) is 0 Å². The van der Waals surface area contributed by atoms with Crippen LogP contribution in [0.5, 0.6) is 0 Å². The highest BCUT2D eigenvalue weighted by Crippen LogP contribution is 2.37. The fraction of sp³-hybridized carbons (Fsp3) is 0.524. The molecule has 0 aliphatic heterocycles. The van der Waals surface area contributed by atoms with Gasteiger partial charge in [0.05, 0.1) is 0 Å². The second-order valence-corrected chi connectivity index (χ2v) is 7.07. The zero-order valence-electron chi connectivity index (χ0n) is 15.1. The van der Waals surface area contributed by atoms with E-state index in [4.69, 9.17) is 0 Å². The normalized spacial score (nSPS) is 16.5. The third-order valence-corrected chi connectivity index (χ3v) is 5.11. The lowest BCUT2D eigenvalue weighted by Crippen LogP contribution is -2.08. The Balaban J connectivity index is 2.26. The molecule has 1 heteroatoms. The largest absolute Gasteiger partial charge is 0.359 e. The van der Waals surface area contributed by atoms with Gasteiger partial charge in [0.15, 0.2) is 0 Å². The fourth-order valence-corrected chi connectivity index (χ4v) is 3.64. The molecule has 1 aliphatic carbocycles. The minimum absolute atomic E-state index is 0.765. The van der Waals surface area contributed by atoms with E-state index in [2.05, 4.69) is 65.1 Å². The van der Waals surface area contributed by atoms with Crippen LogP contribution >= 0.6 is 0 Å². The molecule has 22 heavy (non-hydrogen) atoms. The standard InChI is InChI=1S/C21H31N/c1-14(2)21(19-9-7-8-10-19)17(5)18(6)22-20-12-11-15(3)16(4)13-20/h11-13,19,22H,7-10H2,1-6H3/b18-17+. The molecule has 1 aromatic rings. The summed E-state index contributed by atoms with van der Waals surface area (Å²) in [5.74, 6) is 0.765. The lowest BCUT2D eigenvalue weighted by molar-refractivity contribution is 0.640. The van der Waals surface area contributed by atoms with E-state index < -0.39 is 0 Å². The number of hydrogen-bond donors (Lipinski definition) is 1. The zero-order valence-corrected chi connectivity index (χ0v) is 15.1. The molecule has 0 spiro atoms. The van der Waals surface area contributed by atoms with Gasteiger partial charge < -0.3 is 5.32 Å². The maximum Gasteiger partial charge on any atom is 0.0384 e. The van der Waals surface area contributed by atoms with Crippen LogP contribution in [0.1, 0.15) is 64.5 Å². The van der Waals surface area contributed by atoms with Crippen molar-refractivity contribution in [3.8, 4) is 0 Å². The highest BCUT2D eigenvalue weighted by atomic mass is 14.9. The Morgan fingerprint density at radius 3 is 2.14 bits per heavy atom. The number of hydrogen-bond acceptors (Lipinski definition) is 1. The van der Waals surface area contributed by atoms with E-state index in [1.165, 1.54) is 59.3 Å². The summed E-state index contributed by atoms with van der Waals surface area (Å²) in [4.78, 5) is 0. The molecule has 0 atom stereocenters. The van der Waals surface area contributed by atoms with Gasteiger partial charge in [-0.25, -0.2) is 0 Å². The molecular weight excluding hydrogens is 266 g/mol. The zero-order chi connectivity index (χ0) is 16.3. The minimum atomic E-state index is 0.765. The molecule has 0 heterocycles. The number of allylic oxidation sites excluding steroid dienone is 4. The third-order valence-electron chi connectivity index (χ3n) is 5.11. The molecule has 1 aliphatic rings. The van der Waals surface area contributed by atoms with E-state index in [9.17, 15) is 0 Å². The van der Waals surface area contributed by atoms with Gasteiger partial charge in [0.1, 0.15) is 0 Å². The molecular formula is C21H31N. The van der Waals surface area contributed by atoms with Gasteiger partial charge in [0.25, 0.3) is 0 Å². The van der Waals surface area contributed by atoms with Gasteiger partial charge >= 0.3 is 0 Å². The highest BCUT2D eigenvalue weighted by molar-refractivity contribution is 5.54. The van der Waals surface area contributed by atoms with Gasteiger partial charge in [-0.05, 0) is 94.7 Å². The molecule has 0 saturated heterocycles. The number of aryl methyl sites for hydroxylation is 2. The van der Waals surface area contributed by atoms with Gasteiger partial charge in [-0.1, -0.05) is 24.5 Å². The Labute approximate surface area is 136 Å². The van der Waals surface area contributed by atoms with Crippen LogP contribution in [0.25, 0.3) is 0 Å². The van der Waals surface area contributed by atoms with E-state index in [0.29, 0.717) is 0 Å². The molecule has 0 amide bonds. The second-order valence-electron chi connectivity index (χ2n) is 7.07. The van der Waals surface area contributed by atoms with Crippen molar-refractivity contribution in [2.45, 2.75) is 67.2 Å². The van der Waals surface area contributed by atoms with Crippen molar-refractivity contribution in [3.63, 3.8) is 0 Å². The summed E-state index contributed by atoms with van der Waals surface area (Å²) in [6, 6.07) is 6.61. The fourth-order valence-electron chi connectivity index (χ4n) is 3.64. The van der Waals surface area contributed by atoms with Gasteiger partial charge in [0, 0.05) is 11.4 Å². The molecule has 1 fully saturated rings. The molecule has 0 aromatic heterocycles. The van der Waals surface area contributed by atoms with E-state index in [-0.39, 0.29) is 0 Å². The quantitative estimate of drug-likeness (QED) is 0.622. The van der Waals surface area contributed by atoms with Crippen molar-refractivity contribution in [2.75, 3.05) is 5.32 Å². The Hall–Kier alpha value is -1.50. The maximum atomic E-state index is 3.61. The number of nitrogens with one attached hydrogen (secondary N) is 1. The minimum Gasteiger partial charge on any atom is -0.359 e. The smallest absolute Gasteiger partial charge is 0.0384 e. The first-order valence-corrected chi connectivity index (χ1v) is 8.59. The predicted octanol–water partition coefficient (Wildman–Crippen LogP) is 6.54. The SMILES string of the molecule is CC(C)=C(/C(C)=C(\C)Nc1ccc(C)c(C)c1)C1CCCC1. The first-order valence-electron chi connectivity index (χ1n) is 8.59. The summed E-state index contributed by atoms with van der Waals surface area (Å²) < 4.78 is 0. The number of rotatable bonds is 4. The van der Waals surface area contributed by atoms with E-state index in [0.717, 1.165) is 5.92 Å². The van der Waals surface area contributed by atoms with Crippen molar-refractivity contribution >= 4 is 5.69 Å². The van der Waals surface area contributed by atoms with Crippen LogP contribution in [0.15, 0.2) is 40.6 Å². The molecule has 0 bridgehead atoms. The van der Waals surface area contributed by atoms with Crippen LogP contribution in [0.4, 0.5) is 5.69 Å². The molecule has 1 saturated carbocycles. The monoisotopic (exact) mass is 297 g/mol. The van der Waals surface area contributed by atoms with Gasteiger partial charge in [-0.15, -0.1) is 0 Å². The number of benzene rings is 1. The summed E-state index contributed by atoms with van der Waals surface area (Å²) in [5.41, 5.74) is 9.67. The molecule has 1 nitrogen and oxygen atoms in total. The van der Waals surface area contributed by atoms with Gasteiger partial charge in [-0.2, -0.15) is 0 Å². The molecule has 1 N–H and O–H groups in total. The first-order chi connectivity index (χ1) is 10.4. The molecule has 120 valence electrons. The van der Waals surface area contributed by atoms with E-state index in [1.54, 1.807) is 5.57 Å². The van der Waals surface area contributed by atoms with Gasteiger partial charge in [0.2, 0.25) is 0 Å². The average Bonchev–Trinajstić information content (AvgIpc) is 2.96. The second kappa shape index (κ2) is 7.17. The Bertz CT molecular complexity index is 594. The van der Waals surface area contributed by atoms with Crippen molar-refractivity contribution < 1.29 is 0 Å². The van der Waals surface area contributed by atoms with Crippen molar-refractivity contribution in [3.05, 3.63) is 51.7 Å². The van der Waals surface area contributed by atoms with Crippen molar-refractivity contribution in [1.82, 2.24) is 0 Å². The predicted molar refractivity (Wildman–Crippen MR) is 98.2 cm³/mol. The Kier molecular flexibility index (Phi) is 5.50. The Morgan fingerprint density at radius 1 is 0.955 bits per heavy atom. The van der Waals surface area contributed by atoms with Crippen molar-refractivity contribution in [2.24, 2.45) is 5.92 Å². The Morgan fingerprint density at radius 2 is 1.59 bits per heavy atom. The van der Waals surface area contributed by atoms with Crippen LogP contribution in [-0.4, -0.2) is 0 Å². The van der Waals surface area contributed by atoms with E-state index >= 15 is 0 Å². The van der Waals surface area contributed by atoms with Crippen molar-refractivity contribution in [1.29, 1.82) is 0 Å². The lowest BCUT2D eigenvalue weighted by atomic mass is 9.87. The molecule has 2 rings (SSSR count). The molecule has 0 radical (unpaired) electrons. The highest BCUT2D eigenvalue weighted by Gasteiger charge is 2.22. The molecule has 1 aromatic carbocycles. The number of anilines is 1. The van der Waals surface area contributed by atoms with Crippen LogP contribution in [0.3, 0.4) is 0 Å². The van der Waals surface area contributed by atoms with E-state index in [1.807, 2.05) is 0 Å². The van der Waals surface area contributed by atoms with Crippen LogP contribution in [0.2, 0.25) is 0 Å². The first kappa shape index (κ1) is 16.9. The maximum absolute atomic E-state index is 3.61. The third kappa shape index (κ3) is 3.82. The summed E-state index contributed by atoms with van der Waals surface area (Å²) in [7, 11) is 0. The van der Waals surface area contributed by atoms with Crippen LogP contribution in [0, 0.1) is 19.8 Å².